The molecule has 0 spiro atoms. The maximum absolute atomic E-state index is 13.3. The van der Waals surface area contributed by atoms with E-state index in [1.807, 2.05) is 0 Å². The summed E-state index contributed by atoms with van der Waals surface area (Å²) in [6.45, 7) is 0. The van der Waals surface area contributed by atoms with E-state index in [1.54, 1.807) is 0 Å². The minimum atomic E-state index is -0.452. The third-order valence-corrected chi connectivity index (χ3v) is 3.15. The number of rotatable bonds is 3. The van der Waals surface area contributed by atoms with E-state index in [0.717, 1.165) is 37.7 Å². The topological polar surface area (TPSA) is 17.1 Å². The minimum absolute atomic E-state index is 0.307. The van der Waals surface area contributed by atoms with Gasteiger partial charge in [-0.25, -0.2) is 8.78 Å². The highest BCUT2D eigenvalue weighted by Crippen LogP contribution is 2.42. The van der Waals surface area contributed by atoms with E-state index in [1.165, 1.54) is 6.07 Å². The van der Waals surface area contributed by atoms with Crippen molar-refractivity contribution >= 4 is 6.29 Å². The molecule has 0 N–H and O–H groups in total. The van der Waals surface area contributed by atoms with Crippen LogP contribution in [0.4, 0.5) is 8.78 Å². The molecule has 80 valence electrons. The van der Waals surface area contributed by atoms with E-state index in [-0.39, 0.29) is 0 Å². The largest absolute Gasteiger partial charge is 0.303 e. The Bertz CT molecular complexity index is 383. The lowest BCUT2D eigenvalue weighted by atomic mass is 9.66. The molecule has 1 aliphatic carbocycles. The van der Waals surface area contributed by atoms with E-state index in [0.29, 0.717) is 12.0 Å². The van der Waals surface area contributed by atoms with Crippen LogP contribution in [0, 0.1) is 17.0 Å². The van der Waals surface area contributed by atoms with Crippen LogP contribution in [0.1, 0.15) is 24.8 Å². The number of carbonyl (C=O) groups is 1. The molecule has 1 saturated carbocycles. The molecule has 3 heteroatoms. The van der Waals surface area contributed by atoms with Gasteiger partial charge in [0.05, 0.1) is 0 Å². The van der Waals surface area contributed by atoms with Crippen molar-refractivity contribution in [1.29, 1.82) is 0 Å². The molecule has 0 unspecified atom stereocenters. The Morgan fingerprint density at radius 1 is 1.33 bits per heavy atom. The highest BCUT2D eigenvalue weighted by Gasteiger charge is 2.37. The number of carbonyl (C=O) groups excluding carboxylic acids is 1. The van der Waals surface area contributed by atoms with Crippen LogP contribution in [0.3, 0.4) is 0 Å². The number of halogens is 2. The quantitative estimate of drug-likeness (QED) is 0.701. The molecule has 0 aliphatic heterocycles. The zero-order chi connectivity index (χ0) is 10.9. The lowest BCUT2D eigenvalue weighted by Crippen LogP contribution is -2.33. The fourth-order valence-electron chi connectivity index (χ4n) is 2.03. The van der Waals surface area contributed by atoms with Crippen LogP contribution in [-0.2, 0) is 11.2 Å². The molecule has 0 heterocycles. The number of hydrogen-bond donors (Lipinski definition) is 0. The number of benzene rings is 1. The average molecular weight is 210 g/mol. The predicted molar refractivity (Wildman–Crippen MR) is 52.4 cm³/mol. The third-order valence-electron chi connectivity index (χ3n) is 3.15. The monoisotopic (exact) mass is 210 g/mol. The molecule has 0 atom stereocenters. The molecular weight excluding hydrogens is 198 g/mol. The zero-order valence-corrected chi connectivity index (χ0v) is 8.30. The third kappa shape index (κ3) is 1.91. The Kier molecular flexibility index (Phi) is 2.55. The van der Waals surface area contributed by atoms with E-state index >= 15 is 0 Å². The predicted octanol–water partition coefficient (Wildman–Crippen LogP) is 2.88. The molecule has 1 aromatic rings. The SMILES string of the molecule is O=CC1(Cc2cc(F)ccc2F)CCC1. The van der Waals surface area contributed by atoms with Gasteiger partial charge in [-0.2, -0.15) is 0 Å². The standard InChI is InChI=1S/C12H12F2O/c13-10-2-3-11(14)9(6-10)7-12(8-15)4-1-5-12/h2-3,6,8H,1,4-5,7H2. The lowest BCUT2D eigenvalue weighted by molar-refractivity contribution is -0.120. The maximum Gasteiger partial charge on any atom is 0.126 e. The van der Waals surface area contributed by atoms with Crippen molar-refractivity contribution < 1.29 is 13.6 Å². The van der Waals surface area contributed by atoms with Gasteiger partial charge in [0.1, 0.15) is 17.9 Å². The molecule has 1 aliphatic rings. The number of hydrogen-bond acceptors (Lipinski definition) is 1. The summed E-state index contributed by atoms with van der Waals surface area (Å²) in [6.07, 6.45) is 3.77. The van der Waals surface area contributed by atoms with Crippen molar-refractivity contribution in [2.24, 2.45) is 5.41 Å². The maximum atomic E-state index is 13.3. The summed E-state index contributed by atoms with van der Waals surface area (Å²) in [5, 5.41) is 0. The summed E-state index contributed by atoms with van der Waals surface area (Å²) in [5.74, 6) is -0.878. The first-order valence-corrected chi connectivity index (χ1v) is 5.05. The van der Waals surface area contributed by atoms with Gasteiger partial charge >= 0.3 is 0 Å². The molecular formula is C12H12F2O. The molecule has 0 saturated heterocycles. The van der Waals surface area contributed by atoms with Crippen LogP contribution in [0.25, 0.3) is 0 Å². The van der Waals surface area contributed by atoms with Gasteiger partial charge in [-0.15, -0.1) is 0 Å². The van der Waals surface area contributed by atoms with Crippen LogP contribution in [0.5, 0.6) is 0 Å². The Morgan fingerprint density at radius 2 is 2.07 bits per heavy atom. The molecule has 1 nitrogen and oxygen atoms in total. The number of aldehydes is 1. The molecule has 0 radical (unpaired) electrons. The Morgan fingerprint density at radius 3 is 2.60 bits per heavy atom. The van der Waals surface area contributed by atoms with Crippen LogP contribution in [-0.4, -0.2) is 6.29 Å². The van der Waals surface area contributed by atoms with Gasteiger partial charge in [0.15, 0.2) is 0 Å². The summed E-state index contributed by atoms with van der Waals surface area (Å²) in [6, 6.07) is 3.38. The summed E-state index contributed by atoms with van der Waals surface area (Å²) in [4.78, 5) is 10.9. The van der Waals surface area contributed by atoms with Crippen molar-refractivity contribution in [2.75, 3.05) is 0 Å². The van der Waals surface area contributed by atoms with Gasteiger partial charge in [-0.3, -0.25) is 0 Å². The van der Waals surface area contributed by atoms with Crippen molar-refractivity contribution in [1.82, 2.24) is 0 Å². The van der Waals surface area contributed by atoms with Gasteiger partial charge in [0, 0.05) is 5.41 Å². The van der Waals surface area contributed by atoms with E-state index < -0.39 is 17.0 Å². The average Bonchev–Trinajstić information content (AvgIpc) is 2.17. The second-order valence-corrected chi connectivity index (χ2v) is 4.25. The van der Waals surface area contributed by atoms with Crippen molar-refractivity contribution in [3.63, 3.8) is 0 Å². The highest BCUT2D eigenvalue weighted by atomic mass is 19.1. The highest BCUT2D eigenvalue weighted by molar-refractivity contribution is 5.61. The van der Waals surface area contributed by atoms with E-state index in [9.17, 15) is 13.6 Å². The molecule has 0 aromatic heterocycles. The van der Waals surface area contributed by atoms with E-state index in [4.69, 9.17) is 0 Å². The smallest absolute Gasteiger partial charge is 0.126 e. The van der Waals surface area contributed by atoms with Crippen molar-refractivity contribution in [3.8, 4) is 0 Å². The van der Waals surface area contributed by atoms with Gasteiger partial charge in [0.2, 0.25) is 0 Å². The summed E-state index contributed by atoms with van der Waals surface area (Å²) in [5.41, 5.74) is -0.129. The fraction of sp³-hybridized carbons (Fsp3) is 0.417. The molecule has 2 rings (SSSR count). The van der Waals surface area contributed by atoms with Gasteiger partial charge in [-0.1, -0.05) is 6.42 Å². The summed E-state index contributed by atoms with van der Waals surface area (Å²) >= 11 is 0. The second-order valence-electron chi connectivity index (χ2n) is 4.25. The first-order chi connectivity index (χ1) is 7.15. The minimum Gasteiger partial charge on any atom is -0.303 e. The van der Waals surface area contributed by atoms with Gasteiger partial charge in [-0.05, 0) is 43.0 Å². The fourth-order valence-corrected chi connectivity index (χ4v) is 2.03. The molecule has 1 fully saturated rings. The lowest BCUT2D eigenvalue weighted by Gasteiger charge is -2.36. The van der Waals surface area contributed by atoms with Crippen LogP contribution >= 0.6 is 0 Å². The van der Waals surface area contributed by atoms with Crippen molar-refractivity contribution in [2.45, 2.75) is 25.7 Å². The first kappa shape index (κ1) is 10.3. The van der Waals surface area contributed by atoms with Gasteiger partial charge in [0.25, 0.3) is 0 Å². The zero-order valence-electron chi connectivity index (χ0n) is 8.30. The molecule has 15 heavy (non-hydrogen) atoms. The Balaban J connectivity index is 2.23. The summed E-state index contributed by atoms with van der Waals surface area (Å²) < 4.78 is 26.2. The summed E-state index contributed by atoms with van der Waals surface area (Å²) in [7, 11) is 0. The van der Waals surface area contributed by atoms with Gasteiger partial charge < -0.3 is 4.79 Å². The first-order valence-electron chi connectivity index (χ1n) is 5.05. The normalized spacial score (nSPS) is 18.3. The van der Waals surface area contributed by atoms with Crippen LogP contribution < -0.4 is 0 Å². The van der Waals surface area contributed by atoms with Crippen LogP contribution in [0.15, 0.2) is 18.2 Å². The van der Waals surface area contributed by atoms with Crippen LogP contribution in [0.2, 0.25) is 0 Å². The van der Waals surface area contributed by atoms with Crippen molar-refractivity contribution in [3.05, 3.63) is 35.4 Å². The Labute approximate surface area is 87.1 Å². The van der Waals surface area contributed by atoms with E-state index in [2.05, 4.69) is 0 Å². The Hall–Kier alpha value is -1.25. The molecule has 0 bridgehead atoms. The molecule has 1 aromatic carbocycles. The molecule has 0 amide bonds. The second kappa shape index (κ2) is 3.72.